The molecule has 3 heterocycles. The fraction of sp³-hybridized carbons (Fsp3) is 0.400. The maximum absolute atomic E-state index is 5.11. The van der Waals surface area contributed by atoms with E-state index in [2.05, 4.69) is 51.5 Å². The Morgan fingerprint density at radius 1 is 1.08 bits per heavy atom. The summed E-state index contributed by atoms with van der Waals surface area (Å²) in [7, 11) is 1.62. The quantitative estimate of drug-likeness (QED) is 0.861. The first-order valence-electron chi connectivity index (χ1n) is 8.72. The van der Waals surface area contributed by atoms with Crippen molar-refractivity contribution in [3.05, 3.63) is 59.8 Å². The Balaban J connectivity index is 1.57. The first-order valence-corrected chi connectivity index (χ1v) is 8.72. The van der Waals surface area contributed by atoms with Crippen molar-refractivity contribution in [2.75, 3.05) is 7.11 Å². The average molecular weight is 321 g/mol. The van der Waals surface area contributed by atoms with Gasteiger partial charge in [0.25, 0.3) is 0 Å². The zero-order chi connectivity index (χ0) is 16.4. The van der Waals surface area contributed by atoms with Gasteiger partial charge in [0.1, 0.15) is 0 Å². The summed E-state index contributed by atoms with van der Waals surface area (Å²) in [5.74, 6) is 0.570. The van der Waals surface area contributed by atoms with E-state index >= 15 is 0 Å². The molecule has 4 heteroatoms. The van der Waals surface area contributed by atoms with Gasteiger partial charge >= 0.3 is 0 Å². The van der Waals surface area contributed by atoms with E-state index in [-0.39, 0.29) is 0 Å². The number of ether oxygens (including phenoxy) is 1. The van der Waals surface area contributed by atoms with E-state index in [1.165, 1.54) is 30.4 Å². The van der Waals surface area contributed by atoms with Crippen molar-refractivity contribution in [3.8, 4) is 5.88 Å². The maximum Gasteiger partial charge on any atom is 0.233 e. The van der Waals surface area contributed by atoms with Crippen molar-refractivity contribution in [2.24, 2.45) is 0 Å². The molecule has 1 aromatic carbocycles. The van der Waals surface area contributed by atoms with E-state index < -0.39 is 0 Å². The van der Waals surface area contributed by atoms with Crippen molar-refractivity contribution in [1.29, 1.82) is 0 Å². The van der Waals surface area contributed by atoms with Crippen molar-refractivity contribution >= 4 is 5.57 Å². The highest BCUT2D eigenvalue weighted by Gasteiger charge is 2.34. The monoisotopic (exact) mass is 321 g/mol. The van der Waals surface area contributed by atoms with Crippen LogP contribution in [0.5, 0.6) is 5.88 Å². The fourth-order valence-electron chi connectivity index (χ4n) is 3.95. The highest BCUT2D eigenvalue weighted by Crippen LogP contribution is 2.37. The largest absolute Gasteiger partial charge is 0.480 e. The number of piperidine rings is 1. The number of rotatable bonds is 4. The predicted molar refractivity (Wildman–Crippen MR) is 94.6 cm³/mol. The van der Waals surface area contributed by atoms with E-state index in [1.54, 1.807) is 7.11 Å². The Hall–Kier alpha value is -2.20. The van der Waals surface area contributed by atoms with E-state index in [0.29, 0.717) is 18.0 Å². The van der Waals surface area contributed by atoms with Crippen LogP contribution in [0.1, 0.15) is 36.9 Å². The molecular weight excluding hydrogens is 298 g/mol. The van der Waals surface area contributed by atoms with Crippen LogP contribution >= 0.6 is 0 Å². The lowest BCUT2D eigenvalue weighted by molar-refractivity contribution is 0.0950. The lowest BCUT2D eigenvalue weighted by atomic mass is 9.83. The fourth-order valence-corrected chi connectivity index (χ4v) is 3.95. The molecule has 0 spiro atoms. The second-order valence-corrected chi connectivity index (χ2v) is 6.67. The predicted octanol–water partition coefficient (Wildman–Crippen LogP) is 3.70. The molecule has 124 valence electrons. The molecule has 2 atom stereocenters. The van der Waals surface area contributed by atoms with E-state index in [1.807, 2.05) is 12.1 Å². The number of benzene rings is 1. The lowest BCUT2D eigenvalue weighted by Gasteiger charge is -2.45. The SMILES string of the molecule is COc1ccc(C2=CC3CCCC(C2)N3Cc2ccccc2)nn1. The average Bonchev–Trinajstić information content (AvgIpc) is 2.62. The van der Waals surface area contributed by atoms with Gasteiger partial charge in [-0.1, -0.05) is 42.8 Å². The van der Waals surface area contributed by atoms with Crippen LogP contribution in [0.25, 0.3) is 5.57 Å². The summed E-state index contributed by atoms with van der Waals surface area (Å²) in [6.07, 6.45) is 7.29. The molecule has 0 radical (unpaired) electrons. The summed E-state index contributed by atoms with van der Waals surface area (Å²) in [5, 5.41) is 8.47. The van der Waals surface area contributed by atoms with Crippen LogP contribution < -0.4 is 4.74 Å². The third kappa shape index (κ3) is 3.06. The van der Waals surface area contributed by atoms with Gasteiger partial charge in [0.05, 0.1) is 12.8 Å². The molecule has 0 saturated carbocycles. The van der Waals surface area contributed by atoms with E-state index in [9.17, 15) is 0 Å². The van der Waals surface area contributed by atoms with Gasteiger partial charge in [0.2, 0.25) is 5.88 Å². The molecule has 1 fully saturated rings. The van der Waals surface area contributed by atoms with Crippen LogP contribution in [-0.4, -0.2) is 34.3 Å². The minimum Gasteiger partial charge on any atom is -0.480 e. The van der Waals surface area contributed by atoms with Crippen LogP contribution in [0.3, 0.4) is 0 Å². The molecule has 1 aromatic heterocycles. The van der Waals surface area contributed by atoms with Crippen LogP contribution in [0.2, 0.25) is 0 Å². The summed E-state index contributed by atoms with van der Waals surface area (Å²) < 4.78 is 5.11. The summed E-state index contributed by atoms with van der Waals surface area (Å²) in [5.41, 5.74) is 3.73. The number of hydrogen-bond acceptors (Lipinski definition) is 4. The first-order chi connectivity index (χ1) is 11.8. The molecule has 0 aliphatic carbocycles. The van der Waals surface area contributed by atoms with Gasteiger partial charge in [0, 0.05) is 24.7 Å². The number of methoxy groups -OCH3 is 1. The Bertz CT molecular complexity index is 711. The van der Waals surface area contributed by atoms with E-state index in [0.717, 1.165) is 18.7 Å². The Morgan fingerprint density at radius 3 is 2.67 bits per heavy atom. The molecule has 2 unspecified atom stereocenters. The van der Waals surface area contributed by atoms with Crippen LogP contribution in [0.15, 0.2) is 48.5 Å². The maximum atomic E-state index is 5.11. The molecule has 2 bridgehead atoms. The normalized spacial score (nSPS) is 23.6. The van der Waals surface area contributed by atoms with Crippen molar-refractivity contribution < 1.29 is 4.74 Å². The van der Waals surface area contributed by atoms with Gasteiger partial charge in [0.15, 0.2) is 0 Å². The summed E-state index contributed by atoms with van der Waals surface area (Å²) in [6, 6.07) is 15.8. The molecule has 4 rings (SSSR count). The van der Waals surface area contributed by atoms with Crippen molar-refractivity contribution in [3.63, 3.8) is 0 Å². The molecule has 24 heavy (non-hydrogen) atoms. The second kappa shape index (κ2) is 6.73. The van der Waals surface area contributed by atoms with Crippen LogP contribution in [-0.2, 0) is 6.54 Å². The van der Waals surface area contributed by atoms with Gasteiger partial charge in [-0.2, -0.15) is 0 Å². The standard InChI is InChI=1S/C20H23N3O/c1-24-20-11-10-19(21-22-20)16-12-17-8-5-9-18(13-16)23(17)14-15-6-3-2-4-7-15/h2-4,6-7,10-12,17-18H,5,8-9,13-14H2,1H3. The minimum atomic E-state index is 0.511. The molecule has 1 saturated heterocycles. The number of aromatic nitrogens is 2. The third-order valence-corrected chi connectivity index (χ3v) is 5.17. The Morgan fingerprint density at radius 2 is 1.96 bits per heavy atom. The van der Waals surface area contributed by atoms with Crippen molar-refractivity contribution in [1.82, 2.24) is 15.1 Å². The van der Waals surface area contributed by atoms with Gasteiger partial charge in [-0.15, -0.1) is 10.2 Å². The highest BCUT2D eigenvalue weighted by molar-refractivity contribution is 5.64. The first kappa shape index (κ1) is 15.3. The topological polar surface area (TPSA) is 38.2 Å². The molecule has 0 amide bonds. The summed E-state index contributed by atoms with van der Waals surface area (Å²) >= 11 is 0. The van der Waals surface area contributed by atoms with Gasteiger partial charge in [-0.05, 0) is 36.5 Å². The highest BCUT2D eigenvalue weighted by atomic mass is 16.5. The zero-order valence-corrected chi connectivity index (χ0v) is 14.1. The van der Waals surface area contributed by atoms with E-state index in [4.69, 9.17) is 4.74 Å². The van der Waals surface area contributed by atoms with Crippen molar-refractivity contribution in [2.45, 2.75) is 44.3 Å². The smallest absolute Gasteiger partial charge is 0.233 e. The third-order valence-electron chi connectivity index (χ3n) is 5.17. The second-order valence-electron chi connectivity index (χ2n) is 6.67. The number of fused-ring (bicyclic) bond motifs is 2. The van der Waals surface area contributed by atoms with Crippen LogP contribution in [0.4, 0.5) is 0 Å². The summed E-state index contributed by atoms with van der Waals surface area (Å²) in [6.45, 7) is 1.04. The molecular formula is C20H23N3O. The Labute approximate surface area is 143 Å². The number of hydrogen-bond donors (Lipinski definition) is 0. The molecule has 2 aromatic rings. The molecule has 0 N–H and O–H groups in total. The molecule has 2 aliphatic heterocycles. The van der Waals surface area contributed by atoms with Gasteiger partial charge in [-0.25, -0.2) is 0 Å². The van der Waals surface area contributed by atoms with Gasteiger partial charge in [-0.3, -0.25) is 4.90 Å². The molecule has 2 aliphatic rings. The number of nitrogens with zero attached hydrogens (tertiary/aromatic N) is 3. The van der Waals surface area contributed by atoms with Gasteiger partial charge < -0.3 is 4.74 Å². The molecule has 4 nitrogen and oxygen atoms in total. The minimum absolute atomic E-state index is 0.511. The van der Waals surface area contributed by atoms with Crippen LogP contribution in [0, 0.1) is 0 Å². The lowest BCUT2D eigenvalue weighted by Crippen LogP contribution is -2.47. The summed E-state index contributed by atoms with van der Waals surface area (Å²) in [4.78, 5) is 2.67. The Kier molecular flexibility index (Phi) is 4.30. The zero-order valence-electron chi connectivity index (χ0n) is 14.1.